The lowest BCUT2D eigenvalue weighted by molar-refractivity contribution is -0.120. The summed E-state index contributed by atoms with van der Waals surface area (Å²) < 4.78 is 0. The van der Waals surface area contributed by atoms with Crippen molar-refractivity contribution < 1.29 is 9.59 Å². The van der Waals surface area contributed by atoms with Crippen molar-refractivity contribution in [2.45, 2.75) is 6.42 Å². The number of aldehydes is 1. The lowest BCUT2D eigenvalue weighted by Gasteiger charge is -2.17. The Labute approximate surface area is 101 Å². The summed E-state index contributed by atoms with van der Waals surface area (Å²) in [5, 5.41) is 3.71. The molecule has 0 spiro atoms. The second kappa shape index (κ2) is 4.80. The van der Waals surface area contributed by atoms with Crippen LogP contribution in [0.4, 0.5) is 5.13 Å². The van der Waals surface area contributed by atoms with Gasteiger partial charge in [0.2, 0.25) is 5.91 Å². The van der Waals surface area contributed by atoms with Crippen molar-refractivity contribution in [2.24, 2.45) is 0 Å². The van der Waals surface area contributed by atoms with Crippen molar-refractivity contribution in [3.05, 3.63) is 10.0 Å². The number of anilines is 1. The minimum absolute atomic E-state index is 0.0424. The predicted molar refractivity (Wildman–Crippen MR) is 62.4 cm³/mol. The molecule has 86 valence electrons. The molecule has 1 amide bonds. The highest BCUT2D eigenvalue weighted by Crippen LogP contribution is 2.28. The summed E-state index contributed by atoms with van der Waals surface area (Å²) in [5.74, 6) is 0.0424. The number of carbonyl (C=O) groups excluding carboxylic acids is 2. The van der Waals surface area contributed by atoms with Crippen LogP contribution in [0.2, 0.25) is 5.15 Å². The molecule has 1 aromatic rings. The zero-order chi connectivity index (χ0) is 11.5. The Bertz CT molecular complexity index is 421. The first-order valence-electron chi connectivity index (χ1n) is 4.84. The molecule has 1 fully saturated rings. The average Bonchev–Trinajstić information content (AvgIpc) is 2.50. The smallest absolute Gasteiger partial charge is 0.221 e. The van der Waals surface area contributed by atoms with Crippen LogP contribution < -0.4 is 10.2 Å². The summed E-state index contributed by atoms with van der Waals surface area (Å²) in [6.45, 7) is 1.88. The average molecular weight is 260 g/mol. The first-order valence-corrected chi connectivity index (χ1v) is 6.03. The van der Waals surface area contributed by atoms with Crippen LogP contribution in [0.1, 0.15) is 16.1 Å². The number of aromatic nitrogens is 1. The summed E-state index contributed by atoms with van der Waals surface area (Å²) in [4.78, 5) is 28.3. The monoisotopic (exact) mass is 259 g/mol. The van der Waals surface area contributed by atoms with Gasteiger partial charge < -0.3 is 10.2 Å². The van der Waals surface area contributed by atoms with Gasteiger partial charge in [-0.2, -0.15) is 0 Å². The Morgan fingerprint density at radius 1 is 1.50 bits per heavy atom. The first kappa shape index (κ1) is 11.3. The molecule has 0 radical (unpaired) electrons. The van der Waals surface area contributed by atoms with Crippen LogP contribution in [0.3, 0.4) is 0 Å². The van der Waals surface area contributed by atoms with E-state index in [1.807, 2.05) is 4.90 Å². The van der Waals surface area contributed by atoms with E-state index in [0.29, 0.717) is 42.3 Å². The van der Waals surface area contributed by atoms with E-state index in [1.54, 1.807) is 0 Å². The van der Waals surface area contributed by atoms with Crippen molar-refractivity contribution in [2.75, 3.05) is 24.5 Å². The number of carbonyl (C=O) groups is 2. The highest BCUT2D eigenvalue weighted by molar-refractivity contribution is 7.17. The molecule has 0 saturated carbocycles. The van der Waals surface area contributed by atoms with E-state index in [4.69, 9.17) is 11.6 Å². The molecule has 2 rings (SSSR count). The first-order chi connectivity index (χ1) is 7.70. The summed E-state index contributed by atoms with van der Waals surface area (Å²) in [5.41, 5.74) is 0. The lowest BCUT2D eigenvalue weighted by Crippen LogP contribution is -2.28. The van der Waals surface area contributed by atoms with E-state index in [0.717, 1.165) is 0 Å². The summed E-state index contributed by atoms with van der Waals surface area (Å²) in [6.07, 6.45) is 1.14. The van der Waals surface area contributed by atoms with Gasteiger partial charge in [0.1, 0.15) is 4.88 Å². The summed E-state index contributed by atoms with van der Waals surface area (Å²) >= 11 is 7.04. The number of amides is 1. The molecule has 7 heteroatoms. The zero-order valence-corrected chi connectivity index (χ0v) is 9.98. The Hall–Kier alpha value is -1.14. The van der Waals surface area contributed by atoms with E-state index >= 15 is 0 Å². The minimum Gasteiger partial charge on any atom is -0.354 e. The summed E-state index contributed by atoms with van der Waals surface area (Å²) in [7, 11) is 0. The third-order valence-electron chi connectivity index (χ3n) is 2.29. The van der Waals surface area contributed by atoms with Gasteiger partial charge in [0.05, 0.1) is 0 Å². The SMILES string of the molecule is O=Cc1sc(N2CCNC(=O)CC2)nc1Cl. The van der Waals surface area contributed by atoms with Gasteiger partial charge in [-0.3, -0.25) is 9.59 Å². The van der Waals surface area contributed by atoms with Gasteiger partial charge in [-0.15, -0.1) is 0 Å². The minimum atomic E-state index is 0.0424. The molecule has 0 bridgehead atoms. The fourth-order valence-electron chi connectivity index (χ4n) is 1.47. The molecule has 0 unspecified atom stereocenters. The molecule has 1 saturated heterocycles. The van der Waals surface area contributed by atoms with Crippen LogP contribution in [0, 0.1) is 0 Å². The molecule has 1 aromatic heterocycles. The Balaban J connectivity index is 2.16. The van der Waals surface area contributed by atoms with Crippen LogP contribution in [0.25, 0.3) is 0 Å². The molecule has 1 N–H and O–H groups in total. The van der Waals surface area contributed by atoms with Gasteiger partial charge in [-0.1, -0.05) is 22.9 Å². The van der Waals surface area contributed by atoms with Crippen molar-refractivity contribution in [3.8, 4) is 0 Å². The van der Waals surface area contributed by atoms with E-state index in [9.17, 15) is 9.59 Å². The molecule has 0 aliphatic carbocycles. The zero-order valence-electron chi connectivity index (χ0n) is 8.40. The number of nitrogens with zero attached hydrogens (tertiary/aromatic N) is 2. The van der Waals surface area contributed by atoms with E-state index in [-0.39, 0.29) is 11.1 Å². The number of rotatable bonds is 2. The highest BCUT2D eigenvalue weighted by Gasteiger charge is 2.18. The summed E-state index contributed by atoms with van der Waals surface area (Å²) in [6, 6.07) is 0. The third-order valence-corrected chi connectivity index (χ3v) is 3.73. The number of nitrogens with one attached hydrogen (secondary N) is 1. The molecular formula is C9H10ClN3O2S. The van der Waals surface area contributed by atoms with Crippen LogP contribution in [0.15, 0.2) is 0 Å². The second-order valence-corrected chi connectivity index (χ2v) is 4.72. The van der Waals surface area contributed by atoms with E-state index in [2.05, 4.69) is 10.3 Å². The fraction of sp³-hybridized carbons (Fsp3) is 0.444. The molecule has 0 aromatic carbocycles. The van der Waals surface area contributed by atoms with Gasteiger partial charge >= 0.3 is 0 Å². The quantitative estimate of drug-likeness (QED) is 0.803. The standard InChI is InChI=1S/C9H10ClN3O2S/c10-8-6(5-14)16-9(12-8)13-3-1-7(15)11-2-4-13/h5H,1-4H2,(H,11,15). The topological polar surface area (TPSA) is 62.3 Å². The third kappa shape index (κ3) is 2.33. The Kier molecular flexibility index (Phi) is 3.40. The van der Waals surface area contributed by atoms with Gasteiger partial charge in [-0.25, -0.2) is 4.98 Å². The number of hydrogen-bond acceptors (Lipinski definition) is 5. The maximum atomic E-state index is 11.2. The van der Waals surface area contributed by atoms with Gasteiger partial charge in [-0.05, 0) is 0 Å². The van der Waals surface area contributed by atoms with Crippen LogP contribution >= 0.6 is 22.9 Å². The molecule has 0 atom stereocenters. The van der Waals surface area contributed by atoms with Crippen molar-refractivity contribution in [3.63, 3.8) is 0 Å². The Morgan fingerprint density at radius 3 is 3.00 bits per heavy atom. The highest BCUT2D eigenvalue weighted by atomic mass is 35.5. The Morgan fingerprint density at radius 2 is 2.31 bits per heavy atom. The van der Waals surface area contributed by atoms with Crippen molar-refractivity contribution in [1.29, 1.82) is 0 Å². The normalized spacial score (nSPS) is 16.8. The van der Waals surface area contributed by atoms with Crippen LogP contribution in [-0.2, 0) is 4.79 Å². The van der Waals surface area contributed by atoms with Crippen LogP contribution in [0.5, 0.6) is 0 Å². The predicted octanol–water partition coefficient (Wildman–Crippen LogP) is 0.935. The van der Waals surface area contributed by atoms with Gasteiger partial charge in [0, 0.05) is 26.1 Å². The molecule has 16 heavy (non-hydrogen) atoms. The van der Waals surface area contributed by atoms with Crippen molar-refractivity contribution >= 4 is 40.3 Å². The molecule has 2 heterocycles. The van der Waals surface area contributed by atoms with Gasteiger partial charge in [0.25, 0.3) is 0 Å². The number of thiazole rings is 1. The fourth-order valence-corrected chi connectivity index (χ4v) is 2.58. The van der Waals surface area contributed by atoms with Gasteiger partial charge in [0.15, 0.2) is 16.6 Å². The molecule has 1 aliphatic rings. The maximum Gasteiger partial charge on any atom is 0.221 e. The number of hydrogen-bond donors (Lipinski definition) is 1. The van der Waals surface area contributed by atoms with Crippen molar-refractivity contribution in [1.82, 2.24) is 10.3 Å². The second-order valence-electron chi connectivity index (χ2n) is 3.36. The van der Waals surface area contributed by atoms with E-state index in [1.165, 1.54) is 11.3 Å². The largest absolute Gasteiger partial charge is 0.354 e. The molecular weight excluding hydrogens is 250 g/mol. The maximum absolute atomic E-state index is 11.2. The lowest BCUT2D eigenvalue weighted by atomic mass is 10.4. The molecule has 1 aliphatic heterocycles. The molecule has 5 nitrogen and oxygen atoms in total. The number of halogens is 1. The van der Waals surface area contributed by atoms with Crippen LogP contribution in [-0.4, -0.2) is 36.8 Å². The van der Waals surface area contributed by atoms with E-state index < -0.39 is 0 Å².